The lowest BCUT2D eigenvalue weighted by Crippen LogP contribution is -2.36. The third-order valence-electron chi connectivity index (χ3n) is 5.06. The molecule has 150 valence electrons. The molecule has 1 aliphatic heterocycles. The standard InChI is InChI=1S/C21H22N4O4/c1-2-25-18-8-7-14(13-16(18)23-20(27)21(25)28)19(26)22-15-5-3-4-6-17(15)24-9-11-29-12-10-24/h3-8,13H,2,9-12H2,1H3,(H,22,26)(H,23,27). The Bertz CT molecular complexity index is 1180. The third-order valence-corrected chi connectivity index (χ3v) is 5.06. The minimum atomic E-state index is -0.699. The number of aryl methyl sites for hydroxylation is 1. The summed E-state index contributed by atoms with van der Waals surface area (Å²) in [6, 6.07) is 12.6. The van der Waals surface area contributed by atoms with Crippen LogP contribution in [0, 0.1) is 0 Å². The molecular formula is C21H22N4O4. The molecule has 1 fully saturated rings. The molecule has 0 unspecified atom stereocenters. The Balaban J connectivity index is 1.66. The maximum atomic E-state index is 12.9. The fraction of sp³-hybridized carbons (Fsp3) is 0.286. The summed E-state index contributed by atoms with van der Waals surface area (Å²) in [7, 11) is 0. The van der Waals surface area contributed by atoms with Gasteiger partial charge in [-0.25, -0.2) is 0 Å². The molecule has 1 saturated heterocycles. The van der Waals surface area contributed by atoms with Crippen molar-refractivity contribution in [2.75, 3.05) is 36.5 Å². The van der Waals surface area contributed by atoms with Gasteiger partial charge in [0.15, 0.2) is 0 Å². The summed E-state index contributed by atoms with van der Waals surface area (Å²) >= 11 is 0. The number of H-pyrrole nitrogens is 1. The van der Waals surface area contributed by atoms with Crippen LogP contribution in [0.15, 0.2) is 52.1 Å². The number of para-hydroxylation sites is 2. The molecule has 0 radical (unpaired) electrons. The average molecular weight is 394 g/mol. The highest BCUT2D eigenvalue weighted by Gasteiger charge is 2.17. The Hall–Kier alpha value is -3.39. The van der Waals surface area contributed by atoms with Gasteiger partial charge in [0.05, 0.1) is 35.6 Å². The number of carbonyl (C=O) groups excluding carboxylic acids is 1. The number of amides is 1. The predicted molar refractivity (Wildman–Crippen MR) is 112 cm³/mol. The van der Waals surface area contributed by atoms with Gasteiger partial charge in [-0.3, -0.25) is 14.4 Å². The lowest BCUT2D eigenvalue weighted by atomic mass is 10.1. The largest absolute Gasteiger partial charge is 0.378 e. The zero-order valence-corrected chi connectivity index (χ0v) is 16.1. The number of fused-ring (bicyclic) bond motifs is 1. The smallest absolute Gasteiger partial charge is 0.316 e. The van der Waals surface area contributed by atoms with Crippen LogP contribution in [0.4, 0.5) is 11.4 Å². The Morgan fingerprint density at radius 3 is 2.66 bits per heavy atom. The first-order valence-electron chi connectivity index (χ1n) is 9.58. The van der Waals surface area contributed by atoms with E-state index in [1.165, 1.54) is 4.57 Å². The number of morpholine rings is 1. The second-order valence-electron chi connectivity index (χ2n) is 6.81. The Labute approximate surface area is 166 Å². The topological polar surface area (TPSA) is 96.4 Å². The molecule has 3 aromatic rings. The Morgan fingerprint density at radius 2 is 1.90 bits per heavy atom. The molecule has 1 aromatic heterocycles. The normalized spacial score (nSPS) is 14.2. The van der Waals surface area contributed by atoms with Gasteiger partial charge < -0.3 is 24.5 Å². The number of hydrogen-bond donors (Lipinski definition) is 2. The number of aromatic nitrogens is 2. The molecule has 8 nitrogen and oxygen atoms in total. The molecule has 2 heterocycles. The molecule has 0 atom stereocenters. The fourth-order valence-electron chi connectivity index (χ4n) is 3.59. The van der Waals surface area contributed by atoms with Gasteiger partial charge >= 0.3 is 11.1 Å². The Kier molecular flexibility index (Phi) is 5.18. The SMILES string of the molecule is CCn1c(=O)c(=O)[nH]c2cc(C(=O)Nc3ccccc3N3CCOCC3)ccc21. The summed E-state index contributed by atoms with van der Waals surface area (Å²) in [6.07, 6.45) is 0. The van der Waals surface area contributed by atoms with Crippen LogP contribution >= 0.6 is 0 Å². The molecule has 2 N–H and O–H groups in total. The molecule has 4 rings (SSSR count). The monoisotopic (exact) mass is 394 g/mol. The fourth-order valence-corrected chi connectivity index (χ4v) is 3.59. The van der Waals surface area contributed by atoms with Crippen LogP contribution in [0.25, 0.3) is 11.0 Å². The molecule has 8 heteroatoms. The van der Waals surface area contributed by atoms with Crippen molar-refractivity contribution in [2.45, 2.75) is 13.5 Å². The molecule has 2 aromatic carbocycles. The van der Waals surface area contributed by atoms with E-state index < -0.39 is 11.1 Å². The second-order valence-corrected chi connectivity index (χ2v) is 6.81. The van der Waals surface area contributed by atoms with Crippen LogP contribution in [0.5, 0.6) is 0 Å². The van der Waals surface area contributed by atoms with Crippen LogP contribution in [0.3, 0.4) is 0 Å². The van der Waals surface area contributed by atoms with Gasteiger partial charge in [0, 0.05) is 25.2 Å². The number of benzene rings is 2. The van der Waals surface area contributed by atoms with E-state index in [9.17, 15) is 14.4 Å². The van der Waals surface area contributed by atoms with Crippen molar-refractivity contribution in [3.05, 3.63) is 68.7 Å². The number of nitrogens with one attached hydrogen (secondary N) is 2. The average Bonchev–Trinajstić information content (AvgIpc) is 2.75. The molecule has 0 spiro atoms. The lowest BCUT2D eigenvalue weighted by Gasteiger charge is -2.30. The van der Waals surface area contributed by atoms with Gasteiger partial charge in [0.25, 0.3) is 5.91 Å². The highest BCUT2D eigenvalue weighted by Crippen LogP contribution is 2.27. The number of nitrogens with zero attached hydrogens (tertiary/aromatic N) is 2. The number of ether oxygens (including phenoxy) is 1. The maximum absolute atomic E-state index is 12.9. The Morgan fingerprint density at radius 1 is 1.14 bits per heavy atom. The molecule has 1 aliphatic rings. The van der Waals surface area contributed by atoms with Crippen molar-refractivity contribution in [3.63, 3.8) is 0 Å². The number of anilines is 2. The first-order valence-corrected chi connectivity index (χ1v) is 9.58. The molecule has 29 heavy (non-hydrogen) atoms. The van der Waals surface area contributed by atoms with E-state index >= 15 is 0 Å². The third kappa shape index (κ3) is 3.66. The van der Waals surface area contributed by atoms with Gasteiger partial charge in [0.2, 0.25) is 0 Å². The van der Waals surface area contributed by atoms with Gasteiger partial charge in [-0.05, 0) is 37.3 Å². The highest BCUT2D eigenvalue weighted by atomic mass is 16.5. The molecule has 0 saturated carbocycles. The summed E-state index contributed by atoms with van der Waals surface area (Å²) < 4.78 is 6.80. The van der Waals surface area contributed by atoms with Crippen molar-refractivity contribution in [1.29, 1.82) is 0 Å². The summed E-state index contributed by atoms with van der Waals surface area (Å²) in [5.41, 5.74) is 1.79. The van der Waals surface area contributed by atoms with Crippen LogP contribution in [0.2, 0.25) is 0 Å². The van der Waals surface area contributed by atoms with Gasteiger partial charge in [0.1, 0.15) is 0 Å². The summed E-state index contributed by atoms with van der Waals surface area (Å²) in [6.45, 7) is 5.00. The van der Waals surface area contributed by atoms with Crippen molar-refractivity contribution >= 4 is 28.3 Å². The molecule has 0 bridgehead atoms. The molecule has 0 aliphatic carbocycles. The van der Waals surface area contributed by atoms with E-state index in [2.05, 4.69) is 15.2 Å². The van der Waals surface area contributed by atoms with Crippen molar-refractivity contribution in [2.24, 2.45) is 0 Å². The minimum absolute atomic E-state index is 0.289. The van der Waals surface area contributed by atoms with Crippen LogP contribution in [-0.2, 0) is 11.3 Å². The second kappa shape index (κ2) is 7.92. The summed E-state index contributed by atoms with van der Waals surface area (Å²) in [4.78, 5) is 41.5. The number of aromatic amines is 1. The predicted octanol–water partition coefficient (Wildman–Crippen LogP) is 1.80. The zero-order valence-electron chi connectivity index (χ0n) is 16.1. The maximum Gasteiger partial charge on any atom is 0.316 e. The summed E-state index contributed by atoms with van der Waals surface area (Å²) in [5, 5.41) is 2.96. The highest BCUT2D eigenvalue weighted by molar-refractivity contribution is 6.07. The minimum Gasteiger partial charge on any atom is -0.378 e. The van der Waals surface area contributed by atoms with Crippen molar-refractivity contribution in [1.82, 2.24) is 9.55 Å². The van der Waals surface area contributed by atoms with E-state index in [4.69, 9.17) is 4.74 Å². The van der Waals surface area contributed by atoms with Gasteiger partial charge in [-0.15, -0.1) is 0 Å². The van der Waals surface area contributed by atoms with E-state index in [0.29, 0.717) is 42.0 Å². The van der Waals surface area contributed by atoms with Gasteiger partial charge in [-0.1, -0.05) is 12.1 Å². The van der Waals surface area contributed by atoms with Crippen LogP contribution < -0.4 is 21.3 Å². The first kappa shape index (κ1) is 18.9. The quantitative estimate of drug-likeness (QED) is 0.658. The lowest BCUT2D eigenvalue weighted by molar-refractivity contribution is 0.102. The van der Waals surface area contributed by atoms with E-state index in [1.807, 2.05) is 24.3 Å². The molecular weight excluding hydrogens is 372 g/mol. The molecule has 1 amide bonds. The van der Waals surface area contributed by atoms with E-state index in [-0.39, 0.29) is 5.91 Å². The summed E-state index contributed by atoms with van der Waals surface area (Å²) in [5.74, 6) is -0.289. The van der Waals surface area contributed by atoms with E-state index in [0.717, 1.165) is 18.8 Å². The van der Waals surface area contributed by atoms with Crippen LogP contribution in [-0.4, -0.2) is 41.8 Å². The number of rotatable bonds is 4. The number of carbonyl (C=O) groups is 1. The van der Waals surface area contributed by atoms with Crippen LogP contribution in [0.1, 0.15) is 17.3 Å². The van der Waals surface area contributed by atoms with Crippen molar-refractivity contribution < 1.29 is 9.53 Å². The van der Waals surface area contributed by atoms with Gasteiger partial charge in [-0.2, -0.15) is 0 Å². The number of hydrogen-bond acceptors (Lipinski definition) is 5. The van der Waals surface area contributed by atoms with E-state index in [1.54, 1.807) is 25.1 Å². The zero-order chi connectivity index (χ0) is 20.4. The first-order chi connectivity index (χ1) is 14.1. The van der Waals surface area contributed by atoms with Crippen molar-refractivity contribution in [3.8, 4) is 0 Å².